The molecule has 1 atom stereocenters. The van der Waals surface area contributed by atoms with Gasteiger partial charge < -0.3 is 10.1 Å². The van der Waals surface area contributed by atoms with Crippen LogP contribution in [0.5, 0.6) is 5.75 Å². The van der Waals surface area contributed by atoms with Crippen molar-refractivity contribution in [1.82, 2.24) is 25.9 Å². The minimum atomic E-state index is -0.261. The topological polar surface area (TPSA) is 92.8 Å². The van der Waals surface area contributed by atoms with Gasteiger partial charge in [-0.25, -0.2) is 0 Å². The molecule has 0 bridgehead atoms. The van der Waals surface area contributed by atoms with Crippen LogP contribution in [0.15, 0.2) is 28.7 Å². The predicted molar refractivity (Wildman–Crippen MR) is 79.6 cm³/mol. The van der Waals surface area contributed by atoms with Gasteiger partial charge >= 0.3 is 0 Å². The van der Waals surface area contributed by atoms with Crippen LogP contribution in [0.25, 0.3) is 0 Å². The van der Waals surface area contributed by atoms with E-state index >= 15 is 0 Å². The highest BCUT2D eigenvalue weighted by Gasteiger charge is 2.12. The quantitative estimate of drug-likeness (QED) is 0.742. The van der Waals surface area contributed by atoms with E-state index in [4.69, 9.17) is 4.74 Å². The molecule has 1 amide bonds. The van der Waals surface area contributed by atoms with Gasteiger partial charge in [-0.15, -0.1) is 10.2 Å². The van der Waals surface area contributed by atoms with Gasteiger partial charge in [-0.05, 0) is 37.6 Å². The van der Waals surface area contributed by atoms with E-state index in [9.17, 15) is 4.79 Å². The summed E-state index contributed by atoms with van der Waals surface area (Å²) in [7, 11) is 0. The Kier molecular flexibility index (Phi) is 5.68. The Hall–Kier alpha value is -1.96. The van der Waals surface area contributed by atoms with Crippen molar-refractivity contribution in [2.75, 3.05) is 6.61 Å². The Morgan fingerprint density at radius 2 is 2.19 bits per heavy atom. The SMILES string of the molecule is CC(NC(=O)CCCOc1ccc(Br)cc1)c1nn[nH]n1. The normalized spacial score (nSPS) is 11.9. The van der Waals surface area contributed by atoms with Crippen LogP contribution in [-0.2, 0) is 4.79 Å². The van der Waals surface area contributed by atoms with Crippen molar-refractivity contribution in [1.29, 1.82) is 0 Å². The average molecular weight is 354 g/mol. The van der Waals surface area contributed by atoms with E-state index in [2.05, 4.69) is 41.9 Å². The Morgan fingerprint density at radius 1 is 1.43 bits per heavy atom. The number of hydrogen-bond donors (Lipinski definition) is 2. The fourth-order valence-electron chi connectivity index (χ4n) is 1.68. The van der Waals surface area contributed by atoms with Crippen molar-refractivity contribution in [3.05, 3.63) is 34.6 Å². The number of rotatable bonds is 7. The second-order valence-electron chi connectivity index (χ2n) is 4.47. The third-order valence-corrected chi connectivity index (χ3v) is 3.29. The van der Waals surface area contributed by atoms with Gasteiger partial charge in [0.15, 0.2) is 5.82 Å². The summed E-state index contributed by atoms with van der Waals surface area (Å²) in [6.07, 6.45) is 1.03. The van der Waals surface area contributed by atoms with Crippen molar-refractivity contribution < 1.29 is 9.53 Å². The van der Waals surface area contributed by atoms with Crippen molar-refractivity contribution in [2.45, 2.75) is 25.8 Å². The maximum atomic E-state index is 11.7. The molecule has 1 heterocycles. The minimum absolute atomic E-state index is 0.0632. The maximum Gasteiger partial charge on any atom is 0.220 e. The molecule has 2 N–H and O–H groups in total. The first-order chi connectivity index (χ1) is 10.1. The number of tetrazole rings is 1. The Labute approximate surface area is 130 Å². The number of aromatic amines is 1. The summed E-state index contributed by atoms with van der Waals surface area (Å²) >= 11 is 3.36. The Morgan fingerprint density at radius 3 is 2.86 bits per heavy atom. The number of carbonyl (C=O) groups excluding carboxylic acids is 1. The molecule has 0 aliphatic rings. The monoisotopic (exact) mass is 353 g/mol. The number of aromatic nitrogens is 4. The summed E-state index contributed by atoms with van der Waals surface area (Å²) in [6.45, 7) is 2.30. The van der Waals surface area contributed by atoms with Crippen LogP contribution in [-0.4, -0.2) is 33.1 Å². The summed E-state index contributed by atoms with van der Waals surface area (Å²) < 4.78 is 6.55. The van der Waals surface area contributed by atoms with Crippen molar-refractivity contribution in [2.24, 2.45) is 0 Å². The van der Waals surface area contributed by atoms with Crippen LogP contribution in [0.4, 0.5) is 0 Å². The van der Waals surface area contributed by atoms with E-state index in [0.29, 0.717) is 25.3 Å². The third-order valence-electron chi connectivity index (χ3n) is 2.76. The molecule has 1 aromatic heterocycles. The van der Waals surface area contributed by atoms with Crippen molar-refractivity contribution in [3.8, 4) is 5.75 Å². The van der Waals surface area contributed by atoms with Gasteiger partial charge in [0.2, 0.25) is 5.91 Å². The molecule has 2 rings (SSSR count). The fourth-order valence-corrected chi connectivity index (χ4v) is 1.95. The molecule has 1 unspecified atom stereocenters. The lowest BCUT2D eigenvalue weighted by atomic mass is 10.2. The summed E-state index contributed by atoms with van der Waals surface area (Å²) in [6, 6.07) is 7.32. The van der Waals surface area contributed by atoms with E-state index in [1.807, 2.05) is 24.3 Å². The van der Waals surface area contributed by atoms with Gasteiger partial charge in [-0.3, -0.25) is 4.79 Å². The zero-order valence-electron chi connectivity index (χ0n) is 11.5. The molecule has 0 saturated heterocycles. The number of benzene rings is 1. The zero-order valence-corrected chi connectivity index (χ0v) is 13.1. The second kappa shape index (κ2) is 7.72. The summed E-state index contributed by atoms with van der Waals surface area (Å²) in [4.78, 5) is 11.7. The van der Waals surface area contributed by atoms with Gasteiger partial charge in [0.25, 0.3) is 0 Å². The highest BCUT2D eigenvalue weighted by atomic mass is 79.9. The van der Waals surface area contributed by atoms with Gasteiger partial charge in [0, 0.05) is 10.9 Å². The standard InChI is InChI=1S/C13H16BrN5O2/c1-9(13-16-18-19-17-13)15-12(20)3-2-8-21-11-6-4-10(14)5-7-11/h4-7,9H,2-3,8H2,1H3,(H,15,20)(H,16,17,18,19). The Balaban J connectivity index is 1.64. The number of carbonyl (C=O) groups is 1. The van der Waals surface area contributed by atoms with Crippen LogP contribution < -0.4 is 10.1 Å². The molecule has 7 nitrogen and oxygen atoms in total. The van der Waals surface area contributed by atoms with Crippen LogP contribution in [0.1, 0.15) is 31.6 Å². The molecule has 0 spiro atoms. The lowest BCUT2D eigenvalue weighted by molar-refractivity contribution is -0.122. The highest BCUT2D eigenvalue weighted by molar-refractivity contribution is 9.10. The lowest BCUT2D eigenvalue weighted by Crippen LogP contribution is -2.27. The molecule has 0 aliphatic carbocycles. The van der Waals surface area contributed by atoms with E-state index in [1.54, 1.807) is 6.92 Å². The molecular weight excluding hydrogens is 338 g/mol. The highest BCUT2D eigenvalue weighted by Crippen LogP contribution is 2.16. The van der Waals surface area contributed by atoms with Crippen LogP contribution in [0.3, 0.4) is 0 Å². The number of H-pyrrole nitrogens is 1. The first kappa shape index (κ1) is 15.4. The van der Waals surface area contributed by atoms with Crippen LogP contribution in [0, 0.1) is 0 Å². The van der Waals surface area contributed by atoms with Gasteiger partial charge in [-0.1, -0.05) is 21.1 Å². The molecular formula is C13H16BrN5O2. The molecule has 0 fully saturated rings. The molecule has 8 heteroatoms. The first-order valence-electron chi connectivity index (χ1n) is 6.56. The predicted octanol–water partition coefficient (Wildman–Crippen LogP) is 2.00. The second-order valence-corrected chi connectivity index (χ2v) is 5.38. The van der Waals surface area contributed by atoms with Gasteiger partial charge in [0.1, 0.15) is 5.75 Å². The van der Waals surface area contributed by atoms with Crippen molar-refractivity contribution >= 4 is 21.8 Å². The number of nitrogens with one attached hydrogen (secondary N) is 2. The van der Waals surface area contributed by atoms with E-state index < -0.39 is 0 Å². The minimum Gasteiger partial charge on any atom is -0.494 e. The van der Waals surface area contributed by atoms with E-state index in [-0.39, 0.29) is 11.9 Å². The largest absolute Gasteiger partial charge is 0.494 e. The lowest BCUT2D eigenvalue weighted by Gasteiger charge is -2.10. The smallest absolute Gasteiger partial charge is 0.220 e. The van der Waals surface area contributed by atoms with E-state index in [1.165, 1.54) is 0 Å². The van der Waals surface area contributed by atoms with Crippen LogP contribution >= 0.6 is 15.9 Å². The molecule has 0 radical (unpaired) electrons. The molecule has 0 aliphatic heterocycles. The van der Waals surface area contributed by atoms with Gasteiger partial charge in [0.05, 0.1) is 12.6 Å². The number of hydrogen-bond acceptors (Lipinski definition) is 5. The molecule has 1 aromatic carbocycles. The average Bonchev–Trinajstić information content (AvgIpc) is 3.00. The summed E-state index contributed by atoms with van der Waals surface area (Å²) in [5, 5.41) is 16.3. The zero-order chi connectivity index (χ0) is 15.1. The van der Waals surface area contributed by atoms with E-state index in [0.717, 1.165) is 10.2 Å². The Bertz CT molecular complexity index is 558. The third kappa shape index (κ3) is 5.14. The first-order valence-corrected chi connectivity index (χ1v) is 7.35. The van der Waals surface area contributed by atoms with Gasteiger partial charge in [-0.2, -0.15) is 5.21 Å². The summed E-state index contributed by atoms with van der Waals surface area (Å²) in [5.41, 5.74) is 0. The molecule has 2 aromatic rings. The number of nitrogens with zero attached hydrogens (tertiary/aromatic N) is 3. The summed E-state index contributed by atoms with van der Waals surface area (Å²) in [5.74, 6) is 1.19. The fraction of sp³-hybridized carbons (Fsp3) is 0.385. The number of halogens is 1. The van der Waals surface area contributed by atoms with Crippen LogP contribution in [0.2, 0.25) is 0 Å². The maximum absolute atomic E-state index is 11.7. The van der Waals surface area contributed by atoms with Crippen molar-refractivity contribution in [3.63, 3.8) is 0 Å². The molecule has 21 heavy (non-hydrogen) atoms. The molecule has 0 saturated carbocycles. The molecule has 112 valence electrons. The number of amides is 1. The number of ether oxygens (including phenoxy) is 1.